The minimum atomic E-state index is 0.715. The summed E-state index contributed by atoms with van der Waals surface area (Å²) in [4.78, 5) is 2.45. The fourth-order valence-electron chi connectivity index (χ4n) is 3.15. The first-order valence-electron chi connectivity index (χ1n) is 7.98. The van der Waals surface area contributed by atoms with E-state index in [2.05, 4.69) is 53.7 Å². The molecule has 1 fully saturated rings. The van der Waals surface area contributed by atoms with Crippen molar-refractivity contribution in [1.29, 1.82) is 0 Å². The maximum atomic E-state index is 3.43. The Kier molecular flexibility index (Phi) is 4.44. The van der Waals surface area contributed by atoms with Gasteiger partial charge in [0.15, 0.2) is 0 Å². The maximum Gasteiger partial charge on any atom is 0.0385 e. The topological polar surface area (TPSA) is 15.3 Å². The van der Waals surface area contributed by atoms with Gasteiger partial charge in [0.1, 0.15) is 0 Å². The van der Waals surface area contributed by atoms with Crippen LogP contribution >= 0.6 is 0 Å². The van der Waals surface area contributed by atoms with Crippen LogP contribution in [0.2, 0.25) is 0 Å². The quantitative estimate of drug-likeness (QED) is 0.828. The maximum absolute atomic E-state index is 3.43. The molecule has 0 saturated heterocycles. The first-order valence-corrected chi connectivity index (χ1v) is 7.98. The molecule has 2 aromatic rings. The zero-order chi connectivity index (χ0) is 14.5. The van der Waals surface area contributed by atoms with Crippen LogP contribution < -0.4 is 10.2 Å². The fraction of sp³-hybridized carbons (Fsp3) is 0.368. The van der Waals surface area contributed by atoms with Gasteiger partial charge in [-0.3, -0.25) is 0 Å². The van der Waals surface area contributed by atoms with E-state index in [1.807, 2.05) is 18.2 Å². The van der Waals surface area contributed by atoms with E-state index in [9.17, 15) is 0 Å². The molecule has 0 spiro atoms. The molecule has 0 unspecified atom stereocenters. The van der Waals surface area contributed by atoms with Crippen molar-refractivity contribution in [3.8, 4) is 0 Å². The minimum Gasteiger partial charge on any atom is -0.372 e. The van der Waals surface area contributed by atoms with Gasteiger partial charge in [-0.15, -0.1) is 0 Å². The molecule has 1 N–H and O–H groups in total. The lowest BCUT2D eigenvalue weighted by Gasteiger charge is -2.33. The molecule has 2 aromatic carbocycles. The third-order valence-corrected chi connectivity index (χ3v) is 4.46. The number of para-hydroxylation sites is 1. The molecule has 1 saturated carbocycles. The second-order valence-corrected chi connectivity index (χ2v) is 5.94. The van der Waals surface area contributed by atoms with E-state index in [-0.39, 0.29) is 0 Å². The zero-order valence-electron chi connectivity index (χ0n) is 12.8. The van der Waals surface area contributed by atoms with Crippen molar-refractivity contribution in [2.24, 2.45) is 0 Å². The molecule has 1 aliphatic carbocycles. The van der Waals surface area contributed by atoms with Crippen LogP contribution in [-0.2, 0) is 0 Å². The first-order chi connectivity index (χ1) is 10.3. The molecule has 21 heavy (non-hydrogen) atoms. The summed E-state index contributed by atoms with van der Waals surface area (Å²) < 4.78 is 0. The third kappa shape index (κ3) is 3.57. The van der Waals surface area contributed by atoms with E-state index < -0.39 is 0 Å². The Bertz CT molecular complexity index is 542. The van der Waals surface area contributed by atoms with E-state index >= 15 is 0 Å². The molecule has 110 valence electrons. The van der Waals surface area contributed by atoms with Gasteiger partial charge >= 0.3 is 0 Å². The molecule has 1 aliphatic rings. The van der Waals surface area contributed by atoms with Crippen molar-refractivity contribution < 1.29 is 0 Å². The molecule has 0 atom stereocenters. The number of hydrogen-bond acceptors (Lipinski definition) is 2. The van der Waals surface area contributed by atoms with E-state index in [1.54, 1.807) is 0 Å². The van der Waals surface area contributed by atoms with Gasteiger partial charge in [0.05, 0.1) is 0 Å². The number of rotatable bonds is 4. The highest BCUT2D eigenvalue weighted by molar-refractivity contribution is 5.62. The van der Waals surface area contributed by atoms with Gasteiger partial charge in [0, 0.05) is 30.2 Å². The molecule has 0 aromatic heterocycles. The number of anilines is 3. The predicted octanol–water partition coefficient (Wildman–Crippen LogP) is 5.20. The number of nitrogens with one attached hydrogen (secondary N) is 1. The van der Waals surface area contributed by atoms with Crippen molar-refractivity contribution in [2.75, 3.05) is 17.3 Å². The zero-order valence-corrected chi connectivity index (χ0v) is 12.8. The molecular formula is C19H24N2. The van der Waals surface area contributed by atoms with Crippen LogP contribution in [0, 0.1) is 0 Å². The van der Waals surface area contributed by atoms with Crippen LogP contribution in [0.5, 0.6) is 0 Å². The van der Waals surface area contributed by atoms with E-state index in [0.717, 1.165) is 11.4 Å². The van der Waals surface area contributed by atoms with Gasteiger partial charge in [-0.25, -0.2) is 0 Å². The summed E-state index contributed by atoms with van der Waals surface area (Å²) in [5, 5.41) is 3.43. The molecule has 2 nitrogen and oxygen atoms in total. The van der Waals surface area contributed by atoms with E-state index in [0.29, 0.717) is 6.04 Å². The van der Waals surface area contributed by atoms with Crippen LogP contribution in [0.4, 0.5) is 17.1 Å². The summed E-state index contributed by atoms with van der Waals surface area (Å²) in [6.07, 6.45) is 6.83. The average molecular weight is 280 g/mol. The lowest BCUT2D eigenvalue weighted by atomic mass is 9.94. The smallest absolute Gasteiger partial charge is 0.0385 e. The van der Waals surface area contributed by atoms with Crippen LogP contribution in [0.15, 0.2) is 54.6 Å². The summed E-state index contributed by atoms with van der Waals surface area (Å²) in [6.45, 7) is 0. The Morgan fingerprint density at radius 1 is 0.810 bits per heavy atom. The summed E-state index contributed by atoms with van der Waals surface area (Å²) in [5.41, 5.74) is 3.59. The van der Waals surface area contributed by atoms with E-state index in [1.165, 1.54) is 37.8 Å². The molecule has 2 heteroatoms. The van der Waals surface area contributed by atoms with Crippen LogP contribution in [0.3, 0.4) is 0 Å². The second-order valence-electron chi connectivity index (χ2n) is 5.94. The minimum absolute atomic E-state index is 0.715. The molecular weight excluding hydrogens is 256 g/mol. The molecule has 0 radical (unpaired) electrons. The highest BCUT2D eigenvalue weighted by Gasteiger charge is 2.18. The molecule has 0 bridgehead atoms. The van der Waals surface area contributed by atoms with Crippen LogP contribution in [0.1, 0.15) is 32.1 Å². The Labute approximate surface area is 127 Å². The molecule has 0 aliphatic heterocycles. The highest BCUT2D eigenvalue weighted by atomic mass is 15.1. The van der Waals surface area contributed by atoms with E-state index in [4.69, 9.17) is 0 Å². The monoisotopic (exact) mass is 280 g/mol. The SMILES string of the molecule is CN(c1ccc(Nc2ccccc2)cc1)C1CCCCC1. The van der Waals surface area contributed by atoms with Crippen molar-refractivity contribution in [1.82, 2.24) is 0 Å². The van der Waals surface area contributed by atoms with Crippen molar-refractivity contribution in [2.45, 2.75) is 38.1 Å². The summed E-state index contributed by atoms with van der Waals surface area (Å²) in [6, 6.07) is 19.8. The fourth-order valence-corrected chi connectivity index (χ4v) is 3.15. The van der Waals surface area contributed by atoms with Crippen molar-refractivity contribution >= 4 is 17.1 Å². The molecule has 0 amide bonds. The Balaban J connectivity index is 1.66. The summed E-state index contributed by atoms with van der Waals surface area (Å²) in [5.74, 6) is 0. The van der Waals surface area contributed by atoms with Gasteiger partial charge in [-0.1, -0.05) is 37.5 Å². The Morgan fingerprint density at radius 2 is 1.43 bits per heavy atom. The number of nitrogens with zero attached hydrogens (tertiary/aromatic N) is 1. The third-order valence-electron chi connectivity index (χ3n) is 4.46. The van der Waals surface area contributed by atoms with Gasteiger partial charge < -0.3 is 10.2 Å². The van der Waals surface area contributed by atoms with Gasteiger partial charge in [-0.2, -0.15) is 0 Å². The van der Waals surface area contributed by atoms with Crippen molar-refractivity contribution in [3.63, 3.8) is 0 Å². The average Bonchev–Trinajstić information content (AvgIpc) is 2.57. The largest absolute Gasteiger partial charge is 0.372 e. The van der Waals surface area contributed by atoms with Gasteiger partial charge in [-0.05, 0) is 49.2 Å². The predicted molar refractivity (Wildman–Crippen MR) is 91.4 cm³/mol. The van der Waals surface area contributed by atoms with Gasteiger partial charge in [0.25, 0.3) is 0 Å². The highest BCUT2D eigenvalue weighted by Crippen LogP contribution is 2.27. The number of benzene rings is 2. The van der Waals surface area contributed by atoms with Gasteiger partial charge in [0.2, 0.25) is 0 Å². The molecule has 0 heterocycles. The lowest BCUT2D eigenvalue weighted by molar-refractivity contribution is 0.427. The van der Waals surface area contributed by atoms with Crippen molar-refractivity contribution in [3.05, 3.63) is 54.6 Å². The van der Waals surface area contributed by atoms with Crippen LogP contribution in [0.25, 0.3) is 0 Å². The van der Waals surface area contributed by atoms with Crippen LogP contribution in [-0.4, -0.2) is 13.1 Å². The second kappa shape index (κ2) is 6.66. The first kappa shape index (κ1) is 14.0. The number of hydrogen-bond donors (Lipinski definition) is 1. The normalized spacial score (nSPS) is 15.7. The summed E-state index contributed by atoms with van der Waals surface area (Å²) >= 11 is 0. The standard InChI is InChI=1S/C19H24N2/c1-21(18-10-6-3-7-11-18)19-14-12-17(13-15-19)20-16-8-4-2-5-9-16/h2,4-5,8-9,12-15,18,20H,3,6-7,10-11H2,1H3. The summed E-state index contributed by atoms with van der Waals surface area (Å²) in [7, 11) is 2.23. The Morgan fingerprint density at radius 3 is 2.10 bits per heavy atom. The molecule has 3 rings (SSSR count). The Hall–Kier alpha value is -1.96. The lowest BCUT2D eigenvalue weighted by Crippen LogP contribution is -2.33.